The number of hydrogen-bond acceptors (Lipinski definition) is 9. The fourth-order valence-corrected chi connectivity index (χ4v) is 3.44. The molecule has 0 aliphatic carbocycles. The number of amides is 5. The zero-order valence-corrected chi connectivity index (χ0v) is 23.2. The van der Waals surface area contributed by atoms with Crippen molar-refractivity contribution in [1.29, 1.82) is 0 Å². The number of rotatable bonds is 23. The first-order valence-corrected chi connectivity index (χ1v) is 13.8. The lowest BCUT2D eigenvalue weighted by Gasteiger charge is -2.26. The highest BCUT2D eigenvalue weighted by Crippen LogP contribution is 2.03. The predicted octanol–water partition coefficient (Wildman–Crippen LogP) is 1.03. The largest absolute Gasteiger partial charge is 0.756 e. The SMILES string of the molecule is CC(=O)N([O-])CCCCCNC(=O)CCC(=O)N(O)CCCCCNC(=O)CCC(=O)N(O)CCCCCN. The number of hydrogen-bond donors (Lipinski definition) is 5. The van der Waals surface area contributed by atoms with Gasteiger partial charge in [-0.15, -0.1) is 0 Å². The Morgan fingerprint density at radius 1 is 0.641 bits per heavy atom. The van der Waals surface area contributed by atoms with Crippen molar-refractivity contribution in [3.8, 4) is 0 Å². The maximum atomic E-state index is 12.0. The maximum Gasteiger partial charge on any atom is 0.246 e. The normalized spacial score (nSPS) is 10.6. The molecule has 0 saturated carbocycles. The number of hydroxylamine groups is 6. The Kier molecular flexibility index (Phi) is 21.4. The lowest BCUT2D eigenvalue weighted by atomic mass is 10.2. The standard InChI is InChI=1S/C25H47N6O8/c1-21(32)29(37)18-9-3-6-16-27-22(33)12-14-25(36)31(39)20-10-4-7-17-28-23(34)11-13-24(35)30(38)19-8-2-5-15-26/h38-39H,2-20,26H2,1H3,(H,27,33)(H,28,34)/q-1. The van der Waals surface area contributed by atoms with E-state index in [9.17, 15) is 39.6 Å². The fraction of sp³-hybridized carbons (Fsp3) is 0.800. The topological polar surface area (TPSA) is 209 Å². The van der Waals surface area contributed by atoms with E-state index in [2.05, 4.69) is 10.6 Å². The van der Waals surface area contributed by atoms with E-state index in [-0.39, 0.29) is 57.1 Å². The van der Waals surface area contributed by atoms with Gasteiger partial charge in [-0.05, 0) is 57.9 Å². The second-order valence-corrected chi connectivity index (χ2v) is 9.33. The van der Waals surface area contributed by atoms with Crippen LogP contribution in [0.15, 0.2) is 0 Å². The van der Waals surface area contributed by atoms with Crippen molar-refractivity contribution in [1.82, 2.24) is 25.8 Å². The first-order valence-electron chi connectivity index (χ1n) is 13.8. The van der Waals surface area contributed by atoms with E-state index in [1.165, 1.54) is 6.92 Å². The van der Waals surface area contributed by atoms with Crippen LogP contribution in [-0.4, -0.2) is 94.4 Å². The number of carbonyl (C=O) groups is 5. The van der Waals surface area contributed by atoms with Gasteiger partial charge in [-0.1, -0.05) is 6.42 Å². The summed E-state index contributed by atoms with van der Waals surface area (Å²) >= 11 is 0. The summed E-state index contributed by atoms with van der Waals surface area (Å²) < 4.78 is 0. The van der Waals surface area contributed by atoms with Gasteiger partial charge in [-0.25, -0.2) is 10.1 Å². The summed E-state index contributed by atoms with van der Waals surface area (Å²) in [4.78, 5) is 58.3. The average molecular weight is 560 g/mol. The van der Waals surface area contributed by atoms with Crippen molar-refractivity contribution in [2.75, 3.05) is 39.3 Å². The second kappa shape index (κ2) is 23.1. The van der Waals surface area contributed by atoms with Crippen molar-refractivity contribution >= 4 is 29.5 Å². The number of unbranched alkanes of at least 4 members (excludes halogenated alkanes) is 6. The van der Waals surface area contributed by atoms with E-state index < -0.39 is 17.7 Å². The minimum Gasteiger partial charge on any atom is -0.756 e. The highest BCUT2D eigenvalue weighted by molar-refractivity contribution is 5.83. The molecule has 14 heteroatoms. The molecule has 0 atom stereocenters. The monoisotopic (exact) mass is 559 g/mol. The Morgan fingerprint density at radius 2 is 1.05 bits per heavy atom. The first kappa shape index (κ1) is 36.2. The summed E-state index contributed by atoms with van der Waals surface area (Å²) in [6, 6.07) is 0. The third kappa shape index (κ3) is 20.8. The van der Waals surface area contributed by atoms with Crippen LogP contribution in [0.1, 0.15) is 90.4 Å². The van der Waals surface area contributed by atoms with E-state index in [1.807, 2.05) is 0 Å². The van der Waals surface area contributed by atoms with Crippen LogP contribution in [0.25, 0.3) is 0 Å². The Balaban J connectivity index is 3.75. The van der Waals surface area contributed by atoms with Gasteiger partial charge in [0.15, 0.2) is 0 Å². The number of nitrogens with two attached hydrogens (primary N) is 1. The van der Waals surface area contributed by atoms with Gasteiger partial charge < -0.3 is 26.6 Å². The molecule has 0 aliphatic heterocycles. The van der Waals surface area contributed by atoms with Crippen molar-refractivity contribution in [3.63, 3.8) is 0 Å². The Labute approximate surface area is 230 Å². The third-order valence-electron chi connectivity index (χ3n) is 5.86. The lowest BCUT2D eigenvalue weighted by Crippen LogP contribution is -2.31. The van der Waals surface area contributed by atoms with Crippen molar-refractivity contribution in [3.05, 3.63) is 5.21 Å². The number of nitrogens with zero attached hydrogens (tertiary/aromatic N) is 3. The van der Waals surface area contributed by atoms with Crippen LogP contribution in [0.2, 0.25) is 0 Å². The van der Waals surface area contributed by atoms with Crippen molar-refractivity contribution < 1.29 is 34.4 Å². The van der Waals surface area contributed by atoms with Gasteiger partial charge in [-0.2, -0.15) is 0 Å². The molecule has 0 bridgehead atoms. The molecule has 5 amide bonds. The molecule has 0 rings (SSSR count). The van der Waals surface area contributed by atoms with Gasteiger partial charge in [0, 0.05) is 65.3 Å². The summed E-state index contributed by atoms with van der Waals surface area (Å²) in [5, 5.41) is 37.6. The van der Waals surface area contributed by atoms with Crippen LogP contribution in [0.4, 0.5) is 0 Å². The third-order valence-corrected chi connectivity index (χ3v) is 5.86. The molecule has 0 aromatic carbocycles. The lowest BCUT2D eigenvalue weighted by molar-refractivity contribution is -0.166. The minimum atomic E-state index is -0.555. The van der Waals surface area contributed by atoms with E-state index in [0.29, 0.717) is 79.8 Å². The molecule has 14 nitrogen and oxygen atoms in total. The molecule has 0 radical (unpaired) electrons. The summed E-state index contributed by atoms with van der Waals surface area (Å²) in [5.74, 6) is -2.19. The van der Waals surface area contributed by atoms with E-state index in [1.54, 1.807) is 0 Å². The molecule has 226 valence electrons. The van der Waals surface area contributed by atoms with Crippen LogP contribution in [0.5, 0.6) is 0 Å². The van der Waals surface area contributed by atoms with E-state index in [4.69, 9.17) is 5.73 Å². The van der Waals surface area contributed by atoms with Crippen LogP contribution >= 0.6 is 0 Å². The average Bonchev–Trinajstić information content (AvgIpc) is 2.91. The summed E-state index contributed by atoms with van der Waals surface area (Å²) in [5.41, 5.74) is 5.39. The predicted molar refractivity (Wildman–Crippen MR) is 143 cm³/mol. The van der Waals surface area contributed by atoms with Gasteiger partial charge in [0.05, 0.1) is 0 Å². The van der Waals surface area contributed by atoms with Gasteiger partial charge in [-0.3, -0.25) is 34.4 Å². The smallest absolute Gasteiger partial charge is 0.246 e. The molecule has 0 saturated heterocycles. The molecule has 0 aromatic rings. The summed E-state index contributed by atoms with van der Waals surface area (Å²) in [6.45, 7) is 3.01. The highest BCUT2D eigenvalue weighted by Gasteiger charge is 2.14. The number of nitrogens with one attached hydrogen (secondary N) is 2. The minimum absolute atomic E-state index is 0.0213. The summed E-state index contributed by atoms with van der Waals surface area (Å²) in [6.07, 6.45) is 5.67. The van der Waals surface area contributed by atoms with Gasteiger partial charge in [0.25, 0.3) is 0 Å². The molecule has 0 fully saturated rings. The highest BCUT2D eigenvalue weighted by atomic mass is 16.5. The molecule has 0 aromatic heterocycles. The Bertz CT molecular complexity index is 739. The fourth-order valence-electron chi connectivity index (χ4n) is 3.44. The second-order valence-electron chi connectivity index (χ2n) is 9.33. The summed E-state index contributed by atoms with van der Waals surface area (Å²) in [7, 11) is 0. The molecule has 0 spiro atoms. The Hall–Kier alpha value is -2.81. The van der Waals surface area contributed by atoms with Crippen LogP contribution in [0.3, 0.4) is 0 Å². The van der Waals surface area contributed by atoms with E-state index >= 15 is 0 Å². The van der Waals surface area contributed by atoms with Crippen LogP contribution in [0, 0.1) is 5.21 Å². The molecule has 0 unspecified atom stereocenters. The van der Waals surface area contributed by atoms with Crippen molar-refractivity contribution in [2.24, 2.45) is 5.73 Å². The van der Waals surface area contributed by atoms with Crippen LogP contribution < -0.4 is 16.4 Å². The molecule has 0 heterocycles. The van der Waals surface area contributed by atoms with Crippen LogP contribution in [-0.2, 0) is 24.0 Å². The van der Waals surface area contributed by atoms with Gasteiger partial charge >= 0.3 is 0 Å². The molecule has 39 heavy (non-hydrogen) atoms. The molecule has 6 N–H and O–H groups in total. The quantitative estimate of drug-likeness (QED) is 0.0686. The number of carbonyl (C=O) groups excluding carboxylic acids is 5. The van der Waals surface area contributed by atoms with Gasteiger partial charge in [0.1, 0.15) is 0 Å². The zero-order valence-electron chi connectivity index (χ0n) is 23.2. The Morgan fingerprint density at radius 3 is 1.46 bits per heavy atom. The molecular formula is C25H47N6O8-. The van der Waals surface area contributed by atoms with Crippen molar-refractivity contribution in [2.45, 2.75) is 90.4 Å². The first-order chi connectivity index (χ1) is 18.6. The maximum absolute atomic E-state index is 12.0. The zero-order chi connectivity index (χ0) is 29.5. The van der Waals surface area contributed by atoms with Gasteiger partial charge in [0.2, 0.25) is 29.5 Å². The van der Waals surface area contributed by atoms with E-state index in [0.717, 1.165) is 12.8 Å². The molecular weight excluding hydrogens is 512 g/mol. The molecule has 0 aliphatic rings.